The Hall–Kier alpha value is -7.45. The van der Waals surface area contributed by atoms with Crippen LogP contribution >= 0.6 is 11.3 Å². The van der Waals surface area contributed by atoms with Gasteiger partial charge in [-0.2, -0.15) is 0 Å². The molecule has 3 aromatic heterocycles. The lowest BCUT2D eigenvalue weighted by Gasteiger charge is -2.35. The Morgan fingerprint density at radius 2 is 1.44 bits per heavy atom. The molecule has 0 radical (unpaired) electrons. The third-order valence-corrected chi connectivity index (χ3v) is 16.2. The first-order valence-corrected chi connectivity index (χ1v) is 31.1. The number of H-pyrrole nitrogens is 1. The van der Waals surface area contributed by atoms with Gasteiger partial charge in [0.25, 0.3) is 11.5 Å². The number of carbonyl (C=O) groups is 5. The maximum absolute atomic E-state index is 14.0. The maximum atomic E-state index is 14.0. The van der Waals surface area contributed by atoms with Crippen LogP contribution in [0.2, 0.25) is 0 Å². The van der Waals surface area contributed by atoms with Gasteiger partial charge in [0, 0.05) is 125 Å². The lowest BCUT2D eigenvalue weighted by molar-refractivity contribution is -0.144. The summed E-state index contributed by atoms with van der Waals surface area (Å²) in [7, 11) is 0. The highest BCUT2D eigenvalue weighted by atomic mass is 32.1. The number of nitrogens with zero attached hydrogens (tertiary/aromatic N) is 5. The molecule has 2 aliphatic rings. The zero-order valence-corrected chi connectivity index (χ0v) is 52.9. The fourth-order valence-corrected chi connectivity index (χ4v) is 11.3. The molecule has 2 saturated heterocycles. The van der Waals surface area contributed by atoms with E-state index in [2.05, 4.69) is 46.4 Å². The third-order valence-electron chi connectivity index (χ3n) is 15.2. The molecule has 3 atom stereocenters. The molecule has 0 spiro atoms. The number of amides is 5. The van der Waals surface area contributed by atoms with E-state index in [1.54, 1.807) is 23.6 Å². The first-order chi connectivity index (χ1) is 42.2. The SMILES string of the molecule is Cc1cc(C)c(CNC(=O)c2cc(-c3ccc(N4CCN(CCNC(=O)CCOCCOCCOCCOCCC(=O)NC(C(=O)N5C[C@H](O)C[C@H]5C(=O)NCc5ccc(-c6scnc6C)cc5)C(C)(C)C)CC4)nc3)cc(NC(C)C)c2C=N)c(=O)[nH]1. The fraction of sp³-hybridized carbons (Fsp3) is 0.516. The predicted octanol–water partition coefficient (Wildman–Crippen LogP) is 5.13. The van der Waals surface area contributed by atoms with Crippen molar-refractivity contribution in [2.75, 3.05) is 109 Å². The van der Waals surface area contributed by atoms with E-state index in [1.165, 1.54) is 11.1 Å². The second kappa shape index (κ2) is 33.2. The Balaban J connectivity index is 0.702. The number of thiazole rings is 1. The summed E-state index contributed by atoms with van der Waals surface area (Å²) in [5.41, 5.74) is 8.75. The van der Waals surface area contributed by atoms with Crippen molar-refractivity contribution in [1.29, 1.82) is 5.41 Å². The Bertz CT molecular complexity index is 3190. The van der Waals surface area contributed by atoms with Crippen LogP contribution < -0.4 is 37.0 Å². The van der Waals surface area contributed by atoms with Crippen molar-refractivity contribution >= 4 is 58.6 Å². The number of rotatable bonds is 32. The number of aliphatic hydroxyl groups excluding tert-OH is 1. The quantitative estimate of drug-likeness (QED) is 0.0205. The average molecular weight is 1230 g/mol. The summed E-state index contributed by atoms with van der Waals surface area (Å²) in [6, 6.07) is 15.6. The van der Waals surface area contributed by atoms with Crippen LogP contribution in [0.25, 0.3) is 21.6 Å². The monoisotopic (exact) mass is 1230 g/mol. The number of anilines is 2. The minimum absolute atomic E-state index is 0.0102. The topological polar surface area (TPSA) is 295 Å². The van der Waals surface area contributed by atoms with Crippen molar-refractivity contribution in [2.24, 2.45) is 5.41 Å². The summed E-state index contributed by atoms with van der Waals surface area (Å²) in [6.07, 6.45) is 2.43. The molecule has 88 heavy (non-hydrogen) atoms. The highest BCUT2D eigenvalue weighted by Gasteiger charge is 2.44. The molecule has 476 valence electrons. The number of benzene rings is 2. The van der Waals surface area contributed by atoms with Crippen molar-refractivity contribution in [2.45, 2.75) is 112 Å². The molecule has 2 aromatic carbocycles. The molecule has 8 N–H and O–H groups in total. The van der Waals surface area contributed by atoms with Crippen LogP contribution in [0.15, 0.2) is 71.1 Å². The Kier molecular flexibility index (Phi) is 25.7. The Morgan fingerprint density at radius 3 is 2.03 bits per heavy atom. The van der Waals surface area contributed by atoms with Gasteiger partial charge in [0.15, 0.2) is 0 Å². The van der Waals surface area contributed by atoms with Gasteiger partial charge in [-0.05, 0) is 92.6 Å². The van der Waals surface area contributed by atoms with Gasteiger partial charge in [0.2, 0.25) is 23.6 Å². The number of aromatic amines is 1. The van der Waals surface area contributed by atoms with Gasteiger partial charge in [0.05, 0.1) is 80.6 Å². The molecule has 24 heteroatoms. The molecule has 2 fully saturated rings. The zero-order chi connectivity index (χ0) is 63.3. The highest BCUT2D eigenvalue weighted by molar-refractivity contribution is 7.13. The van der Waals surface area contributed by atoms with Crippen LogP contribution in [-0.4, -0.2) is 189 Å². The highest BCUT2D eigenvalue weighted by Crippen LogP contribution is 2.32. The Labute approximate surface area is 519 Å². The van der Waals surface area contributed by atoms with E-state index in [-0.39, 0.29) is 88.0 Å². The smallest absolute Gasteiger partial charge is 0.253 e. The second-order valence-electron chi connectivity index (χ2n) is 23.5. The van der Waals surface area contributed by atoms with Crippen LogP contribution in [0.4, 0.5) is 11.5 Å². The maximum Gasteiger partial charge on any atom is 0.253 e. The number of nitrogens with one attached hydrogen (secondary N) is 7. The summed E-state index contributed by atoms with van der Waals surface area (Å²) in [5.74, 6) is -0.826. The minimum atomic E-state index is -0.944. The summed E-state index contributed by atoms with van der Waals surface area (Å²) in [6.45, 7) is 22.0. The van der Waals surface area contributed by atoms with Crippen molar-refractivity contribution in [3.05, 3.63) is 116 Å². The molecular weight excluding hydrogens is 1140 g/mol. The molecule has 0 saturated carbocycles. The van der Waals surface area contributed by atoms with E-state index < -0.39 is 35.4 Å². The summed E-state index contributed by atoms with van der Waals surface area (Å²) in [5, 5.41) is 33.8. The lowest BCUT2D eigenvalue weighted by Crippen LogP contribution is -2.57. The fourth-order valence-electron chi connectivity index (χ4n) is 10.5. The number of piperazine rings is 1. The number of aliphatic hydroxyl groups is 1. The van der Waals surface area contributed by atoms with E-state index in [0.717, 1.165) is 76.1 Å². The molecule has 23 nitrogen and oxygen atoms in total. The Morgan fingerprint density at radius 1 is 0.795 bits per heavy atom. The van der Waals surface area contributed by atoms with E-state index >= 15 is 0 Å². The number of hydrogen-bond acceptors (Lipinski definition) is 18. The van der Waals surface area contributed by atoms with Crippen LogP contribution in [0.1, 0.15) is 97.9 Å². The second-order valence-corrected chi connectivity index (χ2v) is 24.4. The number of carbonyl (C=O) groups excluding carboxylic acids is 5. The largest absolute Gasteiger partial charge is 0.391 e. The van der Waals surface area contributed by atoms with Crippen LogP contribution in [-0.2, 0) is 51.2 Å². The summed E-state index contributed by atoms with van der Waals surface area (Å²) in [4.78, 5) is 98.3. The number of β-amino-alcohol motifs (C(OH)–C–C–N with tert-alkyl or cyclic N) is 1. The number of hydrogen-bond donors (Lipinski definition) is 8. The molecule has 5 amide bonds. The van der Waals surface area contributed by atoms with Crippen molar-refractivity contribution in [1.82, 2.24) is 46.0 Å². The number of aromatic nitrogens is 3. The molecule has 0 aliphatic carbocycles. The van der Waals surface area contributed by atoms with E-state index in [0.29, 0.717) is 68.5 Å². The average Bonchev–Trinajstić information content (AvgIpc) is 1.95. The van der Waals surface area contributed by atoms with E-state index in [1.807, 2.05) is 109 Å². The van der Waals surface area contributed by atoms with Gasteiger partial charge in [-0.25, -0.2) is 9.97 Å². The third kappa shape index (κ3) is 20.0. The van der Waals surface area contributed by atoms with Gasteiger partial charge >= 0.3 is 0 Å². The number of pyridine rings is 2. The zero-order valence-electron chi connectivity index (χ0n) is 52.1. The van der Waals surface area contributed by atoms with Crippen molar-refractivity contribution < 1.29 is 48.0 Å². The van der Waals surface area contributed by atoms with Gasteiger partial charge in [-0.15, -0.1) is 11.3 Å². The molecule has 0 bridgehead atoms. The standard InChI is InChI=1S/C64H88N12O11S/c1-41(2)71-53-33-48(32-50(51(53)35-65)60(80)69-38-52-42(3)31-43(4)72-61(52)81)47-13-14-55(67-37-47)75-21-19-74(20-22-75)18-17-66-56(78)15-23-84-25-27-86-29-30-87-28-26-85-24-16-57(79)73-59(64(6,7)8)63(83)76-39-49(77)34-54(76)62(82)68-36-45-9-11-46(12-10-45)58-44(5)70-40-88-58/h9-14,31-33,35,37,40-41,49,54,59,65,71,77H,15-30,34,36,38-39H2,1-8H3,(H,66,78)(H,68,82)(H,69,80)(H,72,81)(H,73,79)/t49-,54+,59?/m1/s1. The lowest BCUT2D eigenvalue weighted by atomic mass is 9.85. The van der Waals surface area contributed by atoms with Crippen molar-refractivity contribution in [3.8, 4) is 21.6 Å². The molecule has 1 unspecified atom stereocenters. The normalized spacial score (nSPS) is 15.7. The number of likely N-dealkylation sites (tertiary alicyclic amines) is 1. The van der Waals surface area contributed by atoms with Gasteiger partial charge in [-0.1, -0.05) is 45.0 Å². The van der Waals surface area contributed by atoms with Crippen molar-refractivity contribution in [3.63, 3.8) is 0 Å². The van der Waals surface area contributed by atoms with Gasteiger partial charge in [0.1, 0.15) is 17.9 Å². The van der Waals surface area contributed by atoms with Gasteiger partial charge in [-0.3, -0.25) is 33.7 Å². The summed E-state index contributed by atoms with van der Waals surface area (Å²) < 4.78 is 22.4. The van der Waals surface area contributed by atoms with Crippen LogP contribution in [0, 0.1) is 31.6 Å². The number of aryl methyl sites for hydroxylation is 3. The molecule has 7 rings (SSSR count). The minimum Gasteiger partial charge on any atom is -0.391 e. The molecule has 5 heterocycles. The first-order valence-electron chi connectivity index (χ1n) is 30.2. The van der Waals surface area contributed by atoms with Gasteiger partial charge < -0.3 is 70.8 Å². The molecule has 5 aromatic rings. The molecular formula is C64H88N12O11S. The van der Waals surface area contributed by atoms with E-state index in [9.17, 15) is 33.9 Å². The molecule has 2 aliphatic heterocycles. The van der Waals surface area contributed by atoms with E-state index in [4.69, 9.17) is 29.3 Å². The summed E-state index contributed by atoms with van der Waals surface area (Å²) >= 11 is 1.57. The van der Waals surface area contributed by atoms with Crippen LogP contribution in [0.5, 0.6) is 0 Å². The van der Waals surface area contributed by atoms with Crippen LogP contribution in [0.3, 0.4) is 0 Å². The first kappa shape index (κ1) is 68.0. The predicted molar refractivity (Wildman–Crippen MR) is 340 cm³/mol. The number of ether oxygens (including phenoxy) is 4.